The topological polar surface area (TPSA) is 38.3 Å². The summed E-state index contributed by atoms with van der Waals surface area (Å²) >= 11 is 0. The molecule has 14 heavy (non-hydrogen) atoms. The van der Waals surface area contributed by atoms with E-state index in [2.05, 4.69) is 4.74 Å². The Kier molecular flexibility index (Phi) is 4.96. The van der Waals surface area contributed by atoms with Gasteiger partial charge >= 0.3 is 18.3 Å². The van der Waals surface area contributed by atoms with Crippen LogP contribution in [-0.4, -0.2) is 32.0 Å². The van der Waals surface area contributed by atoms with E-state index in [1.165, 1.54) is 0 Å². The quantitative estimate of drug-likeness (QED) is 0.425. The molecule has 82 valence electrons. The van der Waals surface area contributed by atoms with E-state index >= 15 is 0 Å². The molecule has 0 bridgehead atoms. The van der Waals surface area contributed by atoms with Crippen molar-refractivity contribution < 1.29 is 27.1 Å². The monoisotopic (exact) mass is 215 g/mol. The van der Waals surface area contributed by atoms with Gasteiger partial charge < -0.3 is 10.1 Å². The lowest BCUT2D eigenvalue weighted by Gasteiger charge is -2.14. The molecular formula is C7H9F4NO2. The number of alkyl halides is 4. The first kappa shape index (κ1) is 12.7. The molecule has 0 aromatic rings. The molecule has 0 amide bonds. The zero-order chi connectivity index (χ0) is 11.2. The summed E-state index contributed by atoms with van der Waals surface area (Å²) in [6, 6.07) is 0. The Morgan fingerprint density at radius 3 is 2.57 bits per heavy atom. The highest BCUT2D eigenvalue weighted by molar-refractivity contribution is 5.81. The second-order valence-corrected chi connectivity index (χ2v) is 2.30. The molecule has 0 aliphatic heterocycles. The lowest BCUT2D eigenvalue weighted by molar-refractivity contribution is -0.135. The van der Waals surface area contributed by atoms with Gasteiger partial charge in [0.25, 0.3) is 0 Å². The summed E-state index contributed by atoms with van der Waals surface area (Å²) in [5.74, 6) is -4.88. The number of ether oxygens (including phenoxy) is 1. The van der Waals surface area contributed by atoms with Gasteiger partial charge in [-0.05, 0) is 0 Å². The molecule has 0 fully saturated rings. The van der Waals surface area contributed by atoms with Crippen LogP contribution in [0.5, 0.6) is 0 Å². The Morgan fingerprint density at radius 2 is 2.14 bits per heavy atom. The van der Waals surface area contributed by atoms with Crippen molar-refractivity contribution in [1.82, 2.24) is 5.32 Å². The van der Waals surface area contributed by atoms with Gasteiger partial charge in [-0.15, -0.1) is 0 Å². The van der Waals surface area contributed by atoms with Crippen LogP contribution in [-0.2, 0) is 9.53 Å². The van der Waals surface area contributed by atoms with Crippen LogP contribution in [0.3, 0.4) is 0 Å². The molecule has 0 unspecified atom stereocenters. The normalized spacial score (nSPS) is 12.1. The number of carbonyl (C=O) groups is 1. The predicted octanol–water partition coefficient (Wildman–Crippen LogP) is 1.16. The highest BCUT2D eigenvalue weighted by Crippen LogP contribution is 2.21. The first-order valence-electron chi connectivity index (χ1n) is 3.54. The summed E-state index contributed by atoms with van der Waals surface area (Å²) < 4.78 is 51.6. The van der Waals surface area contributed by atoms with E-state index in [-0.39, 0.29) is 0 Å². The lowest BCUT2D eigenvalue weighted by Crippen LogP contribution is -2.36. The molecule has 3 nitrogen and oxygen atoms in total. The molecule has 0 rings (SSSR count). The molecule has 7 heteroatoms. The maximum absolute atomic E-state index is 12.2. The number of carbonyl (C=O) groups excluding carboxylic acids is 1. The number of esters is 1. The average Bonchev–Trinajstić information content (AvgIpc) is 2.11. The van der Waals surface area contributed by atoms with Gasteiger partial charge in [0.2, 0.25) is 0 Å². The zero-order valence-corrected chi connectivity index (χ0v) is 7.27. The minimum Gasteiger partial charge on any atom is -0.466 e. The van der Waals surface area contributed by atoms with Crippen molar-refractivity contribution in [3.8, 4) is 0 Å². The van der Waals surface area contributed by atoms with Gasteiger partial charge in [0.05, 0.1) is 13.7 Å². The third-order valence-corrected chi connectivity index (χ3v) is 1.20. The van der Waals surface area contributed by atoms with Crippen LogP contribution < -0.4 is 5.32 Å². The third kappa shape index (κ3) is 4.68. The Bertz CT molecular complexity index is 218. The van der Waals surface area contributed by atoms with Crippen molar-refractivity contribution in [2.75, 3.05) is 13.7 Å². The van der Waals surface area contributed by atoms with Crippen LogP contribution >= 0.6 is 0 Å². The first-order chi connectivity index (χ1) is 6.40. The fraction of sp³-hybridized carbons (Fsp3) is 0.571. The number of methoxy groups -OCH3 is 1. The van der Waals surface area contributed by atoms with Crippen LogP contribution in [0.2, 0.25) is 0 Å². The van der Waals surface area contributed by atoms with Crippen molar-refractivity contribution in [3.63, 3.8) is 0 Å². The van der Waals surface area contributed by atoms with E-state index in [1.54, 1.807) is 0 Å². The van der Waals surface area contributed by atoms with Gasteiger partial charge in [-0.3, -0.25) is 0 Å². The third-order valence-electron chi connectivity index (χ3n) is 1.20. The van der Waals surface area contributed by atoms with Crippen LogP contribution in [0, 0.1) is 0 Å². The molecule has 0 atom stereocenters. The highest BCUT2D eigenvalue weighted by atomic mass is 19.3. The van der Waals surface area contributed by atoms with Crippen molar-refractivity contribution >= 4 is 5.97 Å². The molecule has 0 aromatic heterocycles. The molecule has 0 saturated carbocycles. The molecule has 0 spiro atoms. The first-order valence-corrected chi connectivity index (χ1v) is 3.54. The summed E-state index contributed by atoms with van der Waals surface area (Å²) in [5.41, 5.74) is 0. The van der Waals surface area contributed by atoms with E-state index in [1.807, 2.05) is 5.32 Å². The Hall–Kier alpha value is -1.27. The summed E-state index contributed by atoms with van der Waals surface area (Å²) in [7, 11) is 1.10. The van der Waals surface area contributed by atoms with Crippen LogP contribution in [0.25, 0.3) is 0 Å². The Balaban J connectivity index is 3.84. The van der Waals surface area contributed by atoms with Gasteiger partial charge in [-0.25, -0.2) is 13.6 Å². The van der Waals surface area contributed by atoms with Gasteiger partial charge in [0, 0.05) is 12.3 Å². The Morgan fingerprint density at radius 1 is 1.57 bits per heavy atom. The van der Waals surface area contributed by atoms with Gasteiger partial charge in [-0.2, -0.15) is 8.78 Å². The summed E-state index contributed by atoms with van der Waals surface area (Å²) in [5, 5.41) is 1.86. The summed E-state index contributed by atoms with van der Waals surface area (Å²) in [6.45, 7) is -1.24. The largest absolute Gasteiger partial charge is 0.466 e. The van der Waals surface area contributed by atoms with Crippen LogP contribution in [0.1, 0.15) is 0 Å². The van der Waals surface area contributed by atoms with Crippen LogP contribution in [0.4, 0.5) is 17.6 Å². The van der Waals surface area contributed by atoms with Crippen molar-refractivity contribution in [3.05, 3.63) is 12.3 Å². The maximum Gasteiger partial charge on any atom is 0.331 e. The number of nitrogens with one attached hydrogen (secondary N) is 1. The standard InChI is InChI=1S/C7H9F4NO2/c1-14-5(13)2-3-12-4-7(10,11)6(8)9/h2-3,6,12H,4H2,1H3/b3-2+. The number of halogens is 4. The fourth-order valence-electron chi connectivity index (χ4n) is 0.467. The van der Waals surface area contributed by atoms with Gasteiger partial charge in [0.1, 0.15) is 0 Å². The minimum absolute atomic E-state index is 0.766. The van der Waals surface area contributed by atoms with Crippen molar-refractivity contribution in [2.24, 2.45) is 0 Å². The van der Waals surface area contributed by atoms with Crippen molar-refractivity contribution in [2.45, 2.75) is 12.3 Å². The lowest BCUT2D eigenvalue weighted by atomic mass is 10.3. The van der Waals surface area contributed by atoms with E-state index in [0.717, 1.165) is 19.4 Å². The number of hydrogen-bond donors (Lipinski definition) is 1. The Labute approximate surface area is 77.7 Å². The second-order valence-electron chi connectivity index (χ2n) is 2.30. The molecule has 0 aliphatic rings. The molecule has 0 saturated heterocycles. The van der Waals surface area contributed by atoms with Crippen LogP contribution in [0.15, 0.2) is 12.3 Å². The minimum atomic E-state index is -4.11. The molecule has 0 aromatic carbocycles. The molecule has 0 radical (unpaired) electrons. The second kappa shape index (κ2) is 5.46. The SMILES string of the molecule is COC(=O)/C=C/NCC(F)(F)C(F)F. The highest BCUT2D eigenvalue weighted by Gasteiger charge is 2.39. The molecule has 0 heterocycles. The number of rotatable bonds is 5. The zero-order valence-electron chi connectivity index (χ0n) is 7.27. The van der Waals surface area contributed by atoms with Crippen molar-refractivity contribution in [1.29, 1.82) is 0 Å². The van der Waals surface area contributed by atoms with E-state index in [4.69, 9.17) is 0 Å². The summed E-state index contributed by atoms with van der Waals surface area (Å²) in [6.07, 6.45) is -2.11. The summed E-state index contributed by atoms with van der Waals surface area (Å²) in [4.78, 5) is 10.4. The predicted molar refractivity (Wildman–Crippen MR) is 40.1 cm³/mol. The molecule has 1 N–H and O–H groups in total. The van der Waals surface area contributed by atoms with Gasteiger partial charge in [0.15, 0.2) is 0 Å². The van der Waals surface area contributed by atoms with E-state index in [0.29, 0.717) is 0 Å². The average molecular weight is 215 g/mol. The maximum atomic E-state index is 12.2. The smallest absolute Gasteiger partial charge is 0.331 e. The van der Waals surface area contributed by atoms with E-state index < -0.39 is 24.9 Å². The van der Waals surface area contributed by atoms with E-state index in [9.17, 15) is 22.4 Å². The molecule has 0 aliphatic carbocycles. The van der Waals surface area contributed by atoms with Gasteiger partial charge in [-0.1, -0.05) is 0 Å². The number of hydrogen-bond acceptors (Lipinski definition) is 3. The molecular weight excluding hydrogens is 206 g/mol. The fourth-order valence-corrected chi connectivity index (χ4v) is 0.467.